The van der Waals surface area contributed by atoms with Crippen molar-refractivity contribution >= 4 is 17.8 Å². The standard InChI is InChI=1S/C22H33N5O3/c1-3-21(29)27-13-11-18(14-27)26-22(23-2)24-12-10-16-4-8-19(9-5-16)30-15-20(28)25-17-6-7-17/h4-5,8-9,17-18H,3,6-7,10-15H2,1-2H3,(H,25,28)(H2,23,24,26). The van der Waals surface area contributed by atoms with Gasteiger partial charge in [0.2, 0.25) is 5.91 Å². The fourth-order valence-electron chi connectivity index (χ4n) is 3.44. The Hall–Kier alpha value is -2.77. The normalized spacial score (nSPS) is 18.8. The number of benzene rings is 1. The zero-order valence-electron chi connectivity index (χ0n) is 17.9. The van der Waals surface area contributed by atoms with Gasteiger partial charge in [-0.3, -0.25) is 14.6 Å². The number of nitrogens with zero attached hydrogens (tertiary/aromatic N) is 2. The number of hydrogen-bond donors (Lipinski definition) is 3. The molecule has 8 nitrogen and oxygen atoms in total. The second kappa shape index (κ2) is 10.8. The third kappa shape index (κ3) is 6.93. The van der Waals surface area contributed by atoms with Crippen LogP contribution in [0.25, 0.3) is 0 Å². The van der Waals surface area contributed by atoms with Crippen LogP contribution in [0.5, 0.6) is 5.75 Å². The van der Waals surface area contributed by atoms with E-state index in [9.17, 15) is 9.59 Å². The second-order valence-corrected chi connectivity index (χ2v) is 7.85. The lowest BCUT2D eigenvalue weighted by molar-refractivity contribution is -0.129. The molecule has 1 aromatic carbocycles. The Balaban J connectivity index is 1.34. The van der Waals surface area contributed by atoms with Gasteiger partial charge in [-0.2, -0.15) is 0 Å². The van der Waals surface area contributed by atoms with Crippen molar-refractivity contribution in [2.75, 3.05) is 33.3 Å². The fourth-order valence-corrected chi connectivity index (χ4v) is 3.44. The molecule has 0 aromatic heterocycles. The number of aliphatic imine (C=N–C) groups is 1. The van der Waals surface area contributed by atoms with Gasteiger partial charge in [0.25, 0.3) is 5.91 Å². The van der Waals surface area contributed by atoms with Gasteiger partial charge in [-0.1, -0.05) is 19.1 Å². The van der Waals surface area contributed by atoms with Crippen LogP contribution in [0.2, 0.25) is 0 Å². The van der Waals surface area contributed by atoms with E-state index in [1.54, 1.807) is 7.05 Å². The largest absolute Gasteiger partial charge is 0.484 e. The van der Waals surface area contributed by atoms with Crippen LogP contribution in [0.15, 0.2) is 29.3 Å². The second-order valence-electron chi connectivity index (χ2n) is 7.85. The molecule has 1 aromatic rings. The lowest BCUT2D eigenvalue weighted by Crippen LogP contribution is -2.45. The fraction of sp³-hybridized carbons (Fsp3) is 0.591. The highest BCUT2D eigenvalue weighted by atomic mass is 16.5. The van der Waals surface area contributed by atoms with E-state index < -0.39 is 0 Å². The number of likely N-dealkylation sites (tertiary alicyclic amines) is 1. The molecule has 30 heavy (non-hydrogen) atoms. The van der Waals surface area contributed by atoms with Crippen LogP contribution in [0, 0.1) is 0 Å². The van der Waals surface area contributed by atoms with E-state index in [-0.39, 0.29) is 24.5 Å². The third-order valence-corrected chi connectivity index (χ3v) is 5.35. The highest BCUT2D eigenvalue weighted by Crippen LogP contribution is 2.18. The quantitative estimate of drug-likeness (QED) is 0.414. The SMILES string of the molecule is CCC(=O)N1CCC(NC(=NC)NCCc2ccc(OCC(=O)NC3CC3)cc2)C1. The van der Waals surface area contributed by atoms with Crippen molar-refractivity contribution < 1.29 is 14.3 Å². The Morgan fingerprint density at radius 2 is 1.90 bits per heavy atom. The van der Waals surface area contributed by atoms with Gasteiger partial charge in [-0.15, -0.1) is 0 Å². The molecule has 2 fully saturated rings. The summed E-state index contributed by atoms with van der Waals surface area (Å²) >= 11 is 0. The van der Waals surface area contributed by atoms with E-state index in [0.29, 0.717) is 18.2 Å². The zero-order chi connectivity index (χ0) is 21.3. The Kier molecular flexibility index (Phi) is 7.93. The minimum Gasteiger partial charge on any atom is -0.484 e. The predicted molar refractivity (Wildman–Crippen MR) is 117 cm³/mol. The van der Waals surface area contributed by atoms with Crippen molar-refractivity contribution in [1.82, 2.24) is 20.9 Å². The molecule has 2 aliphatic rings. The number of rotatable bonds is 9. The maximum absolute atomic E-state index is 11.8. The Morgan fingerprint density at radius 3 is 2.57 bits per heavy atom. The average Bonchev–Trinajstić information content (AvgIpc) is 3.45. The monoisotopic (exact) mass is 415 g/mol. The first-order valence-corrected chi connectivity index (χ1v) is 10.8. The summed E-state index contributed by atoms with van der Waals surface area (Å²) < 4.78 is 5.53. The summed E-state index contributed by atoms with van der Waals surface area (Å²) in [7, 11) is 1.75. The molecular weight excluding hydrogens is 382 g/mol. The molecule has 1 heterocycles. The topological polar surface area (TPSA) is 95.1 Å². The Bertz CT molecular complexity index is 746. The van der Waals surface area contributed by atoms with Crippen LogP contribution < -0.4 is 20.7 Å². The van der Waals surface area contributed by atoms with Crippen LogP contribution in [-0.4, -0.2) is 68.0 Å². The summed E-state index contributed by atoms with van der Waals surface area (Å²) in [5.41, 5.74) is 1.17. The summed E-state index contributed by atoms with van der Waals surface area (Å²) in [5, 5.41) is 9.64. The summed E-state index contributed by atoms with van der Waals surface area (Å²) in [4.78, 5) is 29.7. The number of amides is 2. The van der Waals surface area contributed by atoms with E-state index in [1.807, 2.05) is 36.1 Å². The summed E-state index contributed by atoms with van der Waals surface area (Å²) in [6.45, 7) is 4.23. The van der Waals surface area contributed by atoms with Crippen molar-refractivity contribution in [3.63, 3.8) is 0 Å². The van der Waals surface area contributed by atoms with Crippen molar-refractivity contribution in [2.45, 2.75) is 51.1 Å². The highest BCUT2D eigenvalue weighted by Gasteiger charge is 2.25. The number of hydrogen-bond acceptors (Lipinski definition) is 4. The number of carbonyl (C=O) groups excluding carboxylic acids is 2. The number of carbonyl (C=O) groups is 2. The molecule has 1 saturated carbocycles. The lowest BCUT2D eigenvalue weighted by atomic mass is 10.1. The summed E-state index contributed by atoms with van der Waals surface area (Å²) in [5.74, 6) is 1.60. The zero-order valence-corrected chi connectivity index (χ0v) is 17.9. The molecule has 8 heteroatoms. The molecule has 0 bridgehead atoms. The molecule has 3 rings (SSSR count). The number of nitrogens with one attached hydrogen (secondary N) is 3. The van der Waals surface area contributed by atoms with Gasteiger partial charge in [0.15, 0.2) is 12.6 Å². The van der Waals surface area contributed by atoms with Gasteiger partial charge >= 0.3 is 0 Å². The lowest BCUT2D eigenvalue weighted by Gasteiger charge is -2.18. The molecule has 1 aliphatic carbocycles. The van der Waals surface area contributed by atoms with Crippen LogP contribution in [0.3, 0.4) is 0 Å². The van der Waals surface area contributed by atoms with Crippen LogP contribution in [-0.2, 0) is 16.0 Å². The average molecular weight is 416 g/mol. The van der Waals surface area contributed by atoms with Crippen molar-refractivity contribution in [3.05, 3.63) is 29.8 Å². The van der Waals surface area contributed by atoms with Gasteiger partial charge in [-0.25, -0.2) is 0 Å². The van der Waals surface area contributed by atoms with Crippen molar-refractivity contribution in [2.24, 2.45) is 4.99 Å². The summed E-state index contributed by atoms with van der Waals surface area (Å²) in [6, 6.07) is 8.40. The first-order valence-electron chi connectivity index (χ1n) is 10.8. The Morgan fingerprint density at radius 1 is 1.13 bits per heavy atom. The number of ether oxygens (including phenoxy) is 1. The predicted octanol–water partition coefficient (Wildman–Crippen LogP) is 1.06. The molecule has 1 saturated heterocycles. The first kappa shape index (κ1) is 21.9. The van der Waals surface area contributed by atoms with E-state index in [0.717, 1.165) is 51.3 Å². The van der Waals surface area contributed by atoms with E-state index in [1.165, 1.54) is 5.56 Å². The first-order chi connectivity index (χ1) is 14.6. The molecule has 1 atom stereocenters. The minimum atomic E-state index is -0.0610. The van der Waals surface area contributed by atoms with E-state index >= 15 is 0 Å². The molecule has 0 radical (unpaired) electrons. The molecule has 3 N–H and O–H groups in total. The van der Waals surface area contributed by atoms with E-state index in [2.05, 4.69) is 20.9 Å². The van der Waals surface area contributed by atoms with Crippen LogP contribution in [0.1, 0.15) is 38.2 Å². The molecule has 1 unspecified atom stereocenters. The Labute approximate surface area is 178 Å². The molecular formula is C22H33N5O3. The van der Waals surface area contributed by atoms with Crippen LogP contribution in [0.4, 0.5) is 0 Å². The highest BCUT2D eigenvalue weighted by molar-refractivity contribution is 5.80. The maximum atomic E-state index is 11.8. The van der Waals surface area contributed by atoms with Gasteiger partial charge in [0, 0.05) is 45.2 Å². The maximum Gasteiger partial charge on any atom is 0.258 e. The smallest absolute Gasteiger partial charge is 0.258 e. The van der Waals surface area contributed by atoms with Crippen LogP contribution >= 0.6 is 0 Å². The third-order valence-electron chi connectivity index (χ3n) is 5.35. The molecule has 164 valence electrons. The van der Waals surface area contributed by atoms with E-state index in [4.69, 9.17) is 4.74 Å². The van der Waals surface area contributed by atoms with Gasteiger partial charge in [0.1, 0.15) is 5.75 Å². The summed E-state index contributed by atoms with van der Waals surface area (Å²) in [6.07, 6.45) is 4.48. The number of guanidine groups is 1. The van der Waals surface area contributed by atoms with Gasteiger partial charge < -0.3 is 25.6 Å². The van der Waals surface area contributed by atoms with Gasteiger partial charge in [-0.05, 0) is 43.4 Å². The molecule has 1 aliphatic heterocycles. The molecule has 0 spiro atoms. The minimum absolute atomic E-state index is 0.0574. The van der Waals surface area contributed by atoms with Crippen molar-refractivity contribution in [3.8, 4) is 5.75 Å². The van der Waals surface area contributed by atoms with Crippen molar-refractivity contribution in [1.29, 1.82) is 0 Å². The molecule has 2 amide bonds. The van der Waals surface area contributed by atoms with Gasteiger partial charge in [0.05, 0.1) is 0 Å².